The lowest BCUT2D eigenvalue weighted by atomic mass is 9.69. The van der Waals surface area contributed by atoms with Crippen LogP contribution in [0.1, 0.15) is 55.6 Å². The van der Waals surface area contributed by atoms with Gasteiger partial charge in [-0.25, -0.2) is 0 Å². The van der Waals surface area contributed by atoms with Crippen LogP contribution in [0, 0.1) is 13.8 Å². The van der Waals surface area contributed by atoms with Crippen LogP contribution in [0.5, 0.6) is 0 Å². The molecule has 0 saturated heterocycles. The van der Waals surface area contributed by atoms with Gasteiger partial charge in [-0.2, -0.15) is 0 Å². The Kier molecular flexibility index (Phi) is 9.15. The largest absolute Gasteiger partial charge is 0.0725 e. The van der Waals surface area contributed by atoms with E-state index in [1.807, 2.05) is 0 Å². The first-order chi connectivity index (χ1) is 41.5. The summed E-state index contributed by atoms with van der Waals surface area (Å²) in [6.45, 7) is 4.72. The SMILES string of the molecule is Cc1c2ccc(-c3ccc4c(c3)-c3ccccc3-c3ccccc3-c3ccccc3-4)cc2c(C)c2cc3c(cc12)-c1ccc(-c2ccc4c(c2)C2(c5ccccc5-c5ccccc52)c2ccccc2-4)cc1C31c2ccccc2-c2ccccc21. The van der Waals surface area contributed by atoms with Crippen LogP contribution in [0.3, 0.4) is 0 Å². The lowest BCUT2D eigenvalue weighted by Gasteiger charge is -2.31. The summed E-state index contributed by atoms with van der Waals surface area (Å²) in [6.07, 6.45) is 0. The third kappa shape index (κ3) is 5.73. The summed E-state index contributed by atoms with van der Waals surface area (Å²) in [4.78, 5) is 0. The second kappa shape index (κ2) is 16.6. The van der Waals surface area contributed by atoms with Gasteiger partial charge in [0.15, 0.2) is 0 Å². The number of aryl methyl sites for hydroxylation is 2. The third-order valence-corrected chi connectivity index (χ3v) is 20.5. The Morgan fingerprint density at radius 2 is 0.429 bits per heavy atom. The van der Waals surface area contributed by atoms with Crippen molar-refractivity contribution in [1.82, 2.24) is 0 Å². The summed E-state index contributed by atoms with van der Waals surface area (Å²) in [6, 6.07) is 107. The smallest absolute Gasteiger partial charge is 0.0619 e. The van der Waals surface area contributed by atoms with Gasteiger partial charge < -0.3 is 0 Å². The Morgan fingerprint density at radius 3 is 0.869 bits per heavy atom. The van der Waals surface area contributed by atoms with Gasteiger partial charge in [0.2, 0.25) is 0 Å². The number of fused-ring (bicyclic) bond motifs is 30. The van der Waals surface area contributed by atoms with Crippen LogP contribution in [-0.4, -0.2) is 0 Å². The Hall–Kier alpha value is -10.4. The van der Waals surface area contributed by atoms with E-state index >= 15 is 0 Å². The molecule has 0 saturated carbocycles. The molecule has 0 atom stereocenters. The quantitative estimate of drug-likeness (QED) is 0.151. The Bertz CT molecular complexity index is 5180. The molecule has 0 radical (unpaired) electrons. The zero-order valence-corrected chi connectivity index (χ0v) is 46.6. The van der Waals surface area contributed by atoms with Gasteiger partial charge in [-0.05, 0) is 239 Å². The van der Waals surface area contributed by atoms with Gasteiger partial charge in [-0.3, -0.25) is 0 Å². The van der Waals surface area contributed by atoms with E-state index < -0.39 is 10.8 Å². The highest BCUT2D eigenvalue weighted by Gasteiger charge is 2.53. The standard InChI is InChI=1S/C84H52/c1-49-55-39-35-51(52-36-40-62-60-23-6-5-21-58(60)56-19-3-4-20-57(56)59-22-7-8-24-61(59)73(62)44-52)43-70(55)50(2)72-48-82-74(47-71(49)72)69-42-38-54(46-81(69)84(82)78-33-17-11-27-65(78)66-28-12-18-34-79(66)84)53-37-41-68-67-29-13-16-32-77(67)83(80(68)45-53)75-30-14-9-25-63(75)64-26-10-15-31-76(64)83/h3-48H,1-2H3. The van der Waals surface area contributed by atoms with Crippen molar-refractivity contribution in [1.29, 1.82) is 0 Å². The van der Waals surface area contributed by atoms with Crippen molar-refractivity contribution in [3.63, 3.8) is 0 Å². The van der Waals surface area contributed by atoms with Crippen molar-refractivity contribution < 1.29 is 0 Å². The predicted octanol–water partition coefficient (Wildman–Crippen LogP) is 21.6. The zero-order chi connectivity index (χ0) is 55.2. The molecule has 5 aliphatic carbocycles. The lowest BCUT2D eigenvalue weighted by molar-refractivity contribution is 0.793. The molecule has 14 aromatic carbocycles. The molecular formula is C84H52. The normalized spacial score (nSPS) is 14.0. The van der Waals surface area contributed by atoms with E-state index in [1.165, 1.54) is 188 Å². The van der Waals surface area contributed by atoms with Crippen molar-refractivity contribution >= 4 is 21.5 Å². The van der Waals surface area contributed by atoms with Crippen LogP contribution in [0.4, 0.5) is 0 Å². The maximum Gasteiger partial charge on any atom is 0.0725 e. The first-order valence-electron chi connectivity index (χ1n) is 29.7. The second-order valence-corrected chi connectivity index (χ2v) is 24.1. The molecule has 0 nitrogen and oxygen atoms in total. The average molecular weight is 1060 g/mol. The van der Waals surface area contributed by atoms with Gasteiger partial charge in [-0.1, -0.05) is 243 Å². The van der Waals surface area contributed by atoms with Crippen molar-refractivity contribution in [2.45, 2.75) is 24.7 Å². The van der Waals surface area contributed by atoms with Crippen molar-refractivity contribution in [3.05, 3.63) is 335 Å². The minimum absolute atomic E-state index is 0.418. The van der Waals surface area contributed by atoms with Crippen molar-refractivity contribution in [2.75, 3.05) is 0 Å². The fourth-order valence-electron chi connectivity index (χ4n) is 16.9. The average Bonchev–Trinajstić information content (AvgIpc) is 1.56. The lowest BCUT2D eigenvalue weighted by Crippen LogP contribution is -2.26. The van der Waals surface area contributed by atoms with Gasteiger partial charge in [0.25, 0.3) is 0 Å². The van der Waals surface area contributed by atoms with Gasteiger partial charge >= 0.3 is 0 Å². The van der Waals surface area contributed by atoms with Crippen molar-refractivity contribution in [3.8, 4) is 111 Å². The van der Waals surface area contributed by atoms with E-state index in [0.29, 0.717) is 0 Å². The molecule has 0 bridgehead atoms. The van der Waals surface area contributed by atoms with Gasteiger partial charge in [0.05, 0.1) is 10.8 Å². The highest BCUT2D eigenvalue weighted by molar-refractivity contribution is 6.11. The van der Waals surface area contributed by atoms with E-state index in [1.54, 1.807) is 0 Å². The summed E-state index contributed by atoms with van der Waals surface area (Å²) in [5.41, 5.74) is 38.1. The highest BCUT2D eigenvalue weighted by Crippen LogP contribution is 2.66. The van der Waals surface area contributed by atoms with Crippen LogP contribution >= 0.6 is 0 Å². The van der Waals surface area contributed by atoms with Crippen LogP contribution in [-0.2, 0) is 10.8 Å². The maximum atomic E-state index is 2.61. The van der Waals surface area contributed by atoms with Gasteiger partial charge in [-0.15, -0.1) is 0 Å². The minimum Gasteiger partial charge on any atom is -0.0619 e. The molecule has 0 aliphatic heterocycles. The van der Waals surface area contributed by atoms with Crippen LogP contribution in [0.2, 0.25) is 0 Å². The molecule has 0 heteroatoms. The van der Waals surface area contributed by atoms with E-state index in [0.717, 1.165) is 0 Å². The third-order valence-electron chi connectivity index (χ3n) is 20.5. The summed E-state index contributed by atoms with van der Waals surface area (Å²) >= 11 is 0. The Labute approximate surface area is 489 Å². The van der Waals surface area contributed by atoms with E-state index in [4.69, 9.17) is 0 Å². The number of hydrogen-bond acceptors (Lipinski definition) is 0. The molecule has 0 N–H and O–H groups in total. The molecule has 2 spiro atoms. The molecule has 84 heavy (non-hydrogen) atoms. The molecule has 0 aromatic heterocycles. The Balaban J connectivity index is 0.803. The molecule has 19 rings (SSSR count). The first kappa shape index (κ1) is 46.2. The second-order valence-electron chi connectivity index (χ2n) is 24.1. The molecule has 0 fully saturated rings. The number of rotatable bonds is 2. The molecule has 0 heterocycles. The van der Waals surface area contributed by atoms with Crippen LogP contribution in [0.25, 0.3) is 133 Å². The Morgan fingerprint density at radius 1 is 0.167 bits per heavy atom. The van der Waals surface area contributed by atoms with Gasteiger partial charge in [0.1, 0.15) is 0 Å². The summed E-state index contributed by atoms with van der Waals surface area (Å²) in [5, 5.41) is 5.23. The number of hydrogen-bond donors (Lipinski definition) is 0. The molecule has 0 unspecified atom stereocenters. The van der Waals surface area contributed by atoms with Crippen LogP contribution in [0.15, 0.2) is 279 Å². The van der Waals surface area contributed by atoms with E-state index in [9.17, 15) is 0 Å². The van der Waals surface area contributed by atoms with Gasteiger partial charge in [0, 0.05) is 0 Å². The summed E-state index contributed by atoms with van der Waals surface area (Å²) in [5.74, 6) is 0. The molecular weight excluding hydrogens is 1010 g/mol. The molecule has 14 aromatic rings. The fourth-order valence-corrected chi connectivity index (χ4v) is 16.9. The summed E-state index contributed by atoms with van der Waals surface area (Å²) < 4.78 is 0. The highest BCUT2D eigenvalue weighted by atomic mass is 14.5. The maximum absolute atomic E-state index is 2.61. The molecule has 0 amide bonds. The molecule has 5 aliphatic rings. The van der Waals surface area contributed by atoms with Crippen molar-refractivity contribution in [2.24, 2.45) is 0 Å². The number of benzene rings is 14. The molecule has 388 valence electrons. The first-order valence-corrected chi connectivity index (χ1v) is 29.7. The topological polar surface area (TPSA) is 0 Å². The van der Waals surface area contributed by atoms with E-state index in [-0.39, 0.29) is 0 Å². The van der Waals surface area contributed by atoms with E-state index in [2.05, 4.69) is 293 Å². The summed E-state index contributed by atoms with van der Waals surface area (Å²) in [7, 11) is 0. The zero-order valence-electron chi connectivity index (χ0n) is 46.6. The minimum atomic E-state index is -0.535. The predicted molar refractivity (Wildman–Crippen MR) is 350 cm³/mol. The van der Waals surface area contributed by atoms with Crippen LogP contribution < -0.4 is 0 Å². The monoisotopic (exact) mass is 1060 g/mol. The fraction of sp³-hybridized carbons (Fsp3) is 0.0476.